The first-order valence-electron chi connectivity index (χ1n) is 7.09. The van der Waals surface area contributed by atoms with E-state index in [2.05, 4.69) is 6.92 Å². The molecule has 1 saturated carbocycles. The molecule has 0 bridgehead atoms. The molecule has 0 spiro atoms. The molecule has 1 fully saturated rings. The van der Waals surface area contributed by atoms with Crippen molar-refractivity contribution >= 4 is 0 Å². The average Bonchev–Trinajstić information content (AvgIpc) is 2.48. The zero-order valence-corrected chi connectivity index (χ0v) is 12.7. The van der Waals surface area contributed by atoms with Gasteiger partial charge in [0.25, 0.3) is 0 Å². The summed E-state index contributed by atoms with van der Waals surface area (Å²) in [6.45, 7) is 2.10. The molecular formula is C16H24O4. The number of methoxy groups -OCH3 is 3. The number of rotatable bonds is 4. The summed E-state index contributed by atoms with van der Waals surface area (Å²) in [4.78, 5) is 0. The molecule has 4 nitrogen and oxygen atoms in total. The summed E-state index contributed by atoms with van der Waals surface area (Å²) in [5.74, 6) is 1.96. The van der Waals surface area contributed by atoms with Crippen LogP contribution in [0.2, 0.25) is 0 Å². The Morgan fingerprint density at radius 3 is 2.10 bits per heavy atom. The molecule has 2 rings (SSSR count). The number of aliphatic hydroxyl groups is 1. The van der Waals surface area contributed by atoms with Gasteiger partial charge in [0.15, 0.2) is 11.5 Å². The first kappa shape index (κ1) is 15.0. The Morgan fingerprint density at radius 1 is 1.05 bits per heavy atom. The summed E-state index contributed by atoms with van der Waals surface area (Å²) in [5, 5.41) is 11.1. The van der Waals surface area contributed by atoms with Crippen LogP contribution in [0, 0.1) is 5.92 Å². The fourth-order valence-corrected chi connectivity index (χ4v) is 3.09. The van der Waals surface area contributed by atoms with Gasteiger partial charge in [0.2, 0.25) is 5.75 Å². The zero-order chi connectivity index (χ0) is 14.8. The molecule has 1 aromatic rings. The fraction of sp³-hybridized carbons (Fsp3) is 0.625. The van der Waals surface area contributed by atoms with Crippen LogP contribution in [-0.4, -0.2) is 26.4 Å². The molecule has 1 N–H and O–H groups in total. The highest BCUT2D eigenvalue weighted by Gasteiger charge is 2.38. The van der Waals surface area contributed by atoms with Crippen molar-refractivity contribution < 1.29 is 19.3 Å². The van der Waals surface area contributed by atoms with Gasteiger partial charge in [-0.3, -0.25) is 0 Å². The summed E-state index contributed by atoms with van der Waals surface area (Å²) in [6.07, 6.45) is 4.02. The summed E-state index contributed by atoms with van der Waals surface area (Å²) in [6, 6.07) is 3.73. The largest absolute Gasteiger partial charge is 0.493 e. The highest BCUT2D eigenvalue weighted by molar-refractivity contribution is 5.55. The summed E-state index contributed by atoms with van der Waals surface area (Å²) >= 11 is 0. The van der Waals surface area contributed by atoms with E-state index < -0.39 is 5.60 Å². The van der Waals surface area contributed by atoms with Gasteiger partial charge in [-0.05, 0) is 36.5 Å². The van der Waals surface area contributed by atoms with Gasteiger partial charge in [0.1, 0.15) is 0 Å². The minimum Gasteiger partial charge on any atom is -0.493 e. The predicted molar refractivity (Wildman–Crippen MR) is 77.6 cm³/mol. The zero-order valence-electron chi connectivity index (χ0n) is 12.7. The van der Waals surface area contributed by atoms with Gasteiger partial charge in [0.05, 0.1) is 26.9 Å². The molecule has 1 aromatic carbocycles. The van der Waals surface area contributed by atoms with Crippen molar-refractivity contribution in [1.82, 2.24) is 0 Å². The molecule has 2 atom stereocenters. The first-order chi connectivity index (χ1) is 9.56. The van der Waals surface area contributed by atoms with Crippen molar-refractivity contribution in [3.63, 3.8) is 0 Å². The highest BCUT2D eigenvalue weighted by atomic mass is 16.5. The number of ether oxygens (including phenoxy) is 3. The van der Waals surface area contributed by atoms with E-state index in [1.165, 1.54) is 6.42 Å². The second-order valence-corrected chi connectivity index (χ2v) is 5.49. The molecule has 0 amide bonds. The lowest BCUT2D eigenvalue weighted by Gasteiger charge is -2.39. The van der Waals surface area contributed by atoms with Crippen LogP contribution in [-0.2, 0) is 5.60 Å². The molecule has 0 aliphatic heterocycles. The Labute approximate surface area is 120 Å². The predicted octanol–water partition coefficient (Wildman–Crippen LogP) is 3.11. The molecule has 4 heteroatoms. The standard InChI is InChI=1S/C16H24O4/c1-11-7-5-6-8-16(11,17)12-9-13(18-2)15(20-4)14(10-12)19-3/h9-11,17H,5-8H2,1-4H3/t11-,16+/m1/s1. The second-order valence-electron chi connectivity index (χ2n) is 5.49. The van der Waals surface area contributed by atoms with E-state index in [-0.39, 0.29) is 5.92 Å². The second kappa shape index (κ2) is 5.92. The van der Waals surface area contributed by atoms with Crippen molar-refractivity contribution in [1.29, 1.82) is 0 Å². The van der Waals surface area contributed by atoms with Crippen molar-refractivity contribution in [3.8, 4) is 17.2 Å². The molecule has 112 valence electrons. The van der Waals surface area contributed by atoms with Crippen LogP contribution in [0.5, 0.6) is 17.2 Å². The lowest BCUT2D eigenvalue weighted by atomic mass is 9.72. The van der Waals surface area contributed by atoms with Gasteiger partial charge in [-0.25, -0.2) is 0 Å². The number of hydrogen-bond acceptors (Lipinski definition) is 4. The first-order valence-corrected chi connectivity index (χ1v) is 7.09. The fourth-order valence-electron chi connectivity index (χ4n) is 3.09. The lowest BCUT2D eigenvalue weighted by Crippen LogP contribution is -2.36. The quantitative estimate of drug-likeness (QED) is 0.920. The number of benzene rings is 1. The van der Waals surface area contributed by atoms with E-state index in [1.54, 1.807) is 21.3 Å². The van der Waals surface area contributed by atoms with Gasteiger partial charge in [-0.1, -0.05) is 19.8 Å². The Hall–Kier alpha value is -1.42. The Morgan fingerprint density at radius 2 is 1.65 bits per heavy atom. The van der Waals surface area contributed by atoms with Crippen LogP contribution in [0.25, 0.3) is 0 Å². The molecule has 0 radical (unpaired) electrons. The van der Waals surface area contributed by atoms with Gasteiger partial charge in [-0.2, -0.15) is 0 Å². The average molecular weight is 280 g/mol. The van der Waals surface area contributed by atoms with E-state index in [4.69, 9.17) is 14.2 Å². The third kappa shape index (κ3) is 2.44. The summed E-state index contributed by atoms with van der Waals surface area (Å²) in [7, 11) is 4.77. The smallest absolute Gasteiger partial charge is 0.203 e. The maximum Gasteiger partial charge on any atom is 0.203 e. The van der Waals surface area contributed by atoms with Gasteiger partial charge in [0, 0.05) is 0 Å². The minimum absolute atomic E-state index is 0.221. The van der Waals surface area contributed by atoms with E-state index in [9.17, 15) is 5.11 Å². The van der Waals surface area contributed by atoms with Gasteiger partial charge in [-0.15, -0.1) is 0 Å². The van der Waals surface area contributed by atoms with Crippen molar-refractivity contribution in [3.05, 3.63) is 17.7 Å². The Bertz CT molecular complexity index is 447. The molecule has 0 heterocycles. The minimum atomic E-state index is -0.814. The van der Waals surface area contributed by atoms with E-state index in [0.29, 0.717) is 17.2 Å². The monoisotopic (exact) mass is 280 g/mol. The summed E-state index contributed by atoms with van der Waals surface area (Å²) < 4.78 is 16.1. The number of hydrogen-bond donors (Lipinski definition) is 1. The Kier molecular flexibility index (Phi) is 4.43. The van der Waals surface area contributed by atoms with Crippen molar-refractivity contribution in [2.24, 2.45) is 5.92 Å². The topological polar surface area (TPSA) is 47.9 Å². The van der Waals surface area contributed by atoms with E-state index in [1.807, 2.05) is 12.1 Å². The van der Waals surface area contributed by atoms with Crippen LogP contribution in [0.15, 0.2) is 12.1 Å². The van der Waals surface area contributed by atoms with E-state index >= 15 is 0 Å². The lowest BCUT2D eigenvalue weighted by molar-refractivity contribution is -0.0472. The van der Waals surface area contributed by atoms with Crippen molar-refractivity contribution in [2.75, 3.05) is 21.3 Å². The molecule has 1 aliphatic carbocycles. The van der Waals surface area contributed by atoms with Gasteiger partial charge < -0.3 is 19.3 Å². The van der Waals surface area contributed by atoms with Crippen molar-refractivity contribution in [2.45, 2.75) is 38.2 Å². The van der Waals surface area contributed by atoms with Crippen LogP contribution in [0.4, 0.5) is 0 Å². The third-order valence-electron chi connectivity index (χ3n) is 4.42. The molecule has 0 unspecified atom stereocenters. The molecule has 0 aromatic heterocycles. The van der Waals surface area contributed by atoms with Crippen LogP contribution >= 0.6 is 0 Å². The Balaban J connectivity index is 2.51. The van der Waals surface area contributed by atoms with Crippen LogP contribution in [0.3, 0.4) is 0 Å². The molecule has 0 saturated heterocycles. The van der Waals surface area contributed by atoms with Gasteiger partial charge >= 0.3 is 0 Å². The van der Waals surface area contributed by atoms with E-state index in [0.717, 1.165) is 24.8 Å². The molecule has 1 aliphatic rings. The maximum atomic E-state index is 11.1. The van der Waals surface area contributed by atoms with Crippen LogP contribution in [0.1, 0.15) is 38.2 Å². The normalized spacial score (nSPS) is 26.1. The SMILES string of the molecule is COc1cc([C@]2(O)CCCC[C@H]2C)cc(OC)c1OC. The highest BCUT2D eigenvalue weighted by Crippen LogP contribution is 2.47. The molecular weight excluding hydrogens is 256 g/mol. The maximum absolute atomic E-state index is 11.1. The third-order valence-corrected chi connectivity index (χ3v) is 4.42. The summed E-state index contributed by atoms with van der Waals surface area (Å²) in [5.41, 5.74) is 0.0321. The molecule has 20 heavy (non-hydrogen) atoms. The van der Waals surface area contributed by atoms with Crippen LogP contribution < -0.4 is 14.2 Å².